The molecule has 0 radical (unpaired) electrons. The molecule has 0 saturated carbocycles. The number of fused-ring (bicyclic) bond motifs is 2. The van der Waals surface area contributed by atoms with Crippen molar-refractivity contribution in [1.82, 2.24) is 24.0 Å². The minimum Gasteiger partial charge on any atom is -0.380 e. The normalized spacial score (nSPS) is 14.5. The van der Waals surface area contributed by atoms with E-state index in [2.05, 4.69) is 30.1 Å². The monoisotopic (exact) mass is 496 g/mol. The maximum Gasteiger partial charge on any atom is 0.307 e. The van der Waals surface area contributed by atoms with E-state index in [1.165, 1.54) is 6.33 Å². The van der Waals surface area contributed by atoms with Crippen molar-refractivity contribution in [2.24, 2.45) is 0 Å². The number of aryl methyl sites for hydroxylation is 2. The number of para-hydroxylation sites is 1. The largest absolute Gasteiger partial charge is 0.380 e. The Balaban J connectivity index is 1.53. The Bertz CT molecular complexity index is 1680. The van der Waals surface area contributed by atoms with Crippen LogP contribution in [0.1, 0.15) is 16.8 Å². The molecule has 0 aliphatic carbocycles. The number of hydrogen-bond acceptors (Lipinski definition) is 6. The number of morpholine rings is 1. The summed E-state index contributed by atoms with van der Waals surface area (Å²) in [6.07, 6.45) is 3.52. The third-order valence-electron chi connectivity index (χ3n) is 7.15. The highest BCUT2D eigenvalue weighted by Gasteiger charge is 2.24. The van der Waals surface area contributed by atoms with Crippen LogP contribution < -0.4 is 15.9 Å². The van der Waals surface area contributed by atoms with Gasteiger partial charge < -0.3 is 10.5 Å². The van der Waals surface area contributed by atoms with Gasteiger partial charge in [-0.15, -0.1) is 0 Å². The van der Waals surface area contributed by atoms with Gasteiger partial charge in [-0.05, 0) is 42.5 Å². The number of nitrogen functional groups attached to an aromatic ring is 1. The van der Waals surface area contributed by atoms with Gasteiger partial charge in [-0.25, -0.2) is 9.13 Å². The molecule has 1 aliphatic heterocycles. The van der Waals surface area contributed by atoms with Gasteiger partial charge in [0.15, 0.2) is 18.5 Å². The molecular weight excluding hydrogens is 466 g/mol. The molecule has 0 bridgehead atoms. The highest BCUT2D eigenvalue weighted by atomic mass is 16.5. The van der Waals surface area contributed by atoms with Crippen molar-refractivity contribution in [2.45, 2.75) is 27.1 Å². The van der Waals surface area contributed by atoms with Gasteiger partial charge in [0.1, 0.15) is 13.2 Å². The van der Waals surface area contributed by atoms with Crippen molar-refractivity contribution in [1.29, 1.82) is 0 Å². The van der Waals surface area contributed by atoms with Gasteiger partial charge in [-0.3, -0.25) is 14.3 Å². The van der Waals surface area contributed by atoms with Crippen LogP contribution in [-0.4, -0.2) is 50.3 Å². The third kappa shape index (κ3) is 4.16. The first-order valence-electron chi connectivity index (χ1n) is 12.5. The lowest BCUT2D eigenvalue weighted by Crippen LogP contribution is -2.39. The van der Waals surface area contributed by atoms with Crippen LogP contribution in [0.4, 0.5) is 5.82 Å². The topological polar surface area (TPSA) is 95.1 Å². The van der Waals surface area contributed by atoms with Crippen molar-refractivity contribution in [2.75, 3.05) is 32.0 Å². The van der Waals surface area contributed by atoms with Gasteiger partial charge in [0.25, 0.3) is 5.56 Å². The van der Waals surface area contributed by atoms with Crippen LogP contribution in [0.25, 0.3) is 27.6 Å². The molecule has 9 nitrogen and oxygen atoms in total. The van der Waals surface area contributed by atoms with Crippen LogP contribution in [0.3, 0.4) is 0 Å². The van der Waals surface area contributed by atoms with E-state index in [1.54, 1.807) is 0 Å². The van der Waals surface area contributed by atoms with E-state index < -0.39 is 0 Å². The van der Waals surface area contributed by atoms with Gasteiger partial charge >= 0.3 is 5.65 Å². The lowest BCUT2D eigenvalue weighted by Gasteiger charge is -2.25. The number of benzene rings is 2. The number of anilines is 1. The number of ether oxygens (including phenoxy) is 1. The molecule has 37 heavy (non-hydrogen) atoms. The zero-order valence-corrected chi connectivity index (χ0v) is 21.1. The summed E-state index contributed by atoms with van der Waals surface area (Å²) in [5, 5.41) is 1.66. The minimum absolute atomic E-state index is 0.0216. The Morgan fingerprint density at radius 3 is 2.62 bits per heavy atom. The van der Waals surface area contributed by atoms with Crippen molar-refractivity contribution in [3.8, 4) is 5.69 Å². The van der Waals surface area contributed by atoms with E-state index in [1.807, 2.05) is 67.2 Å². The quantitative estimate of drug-likeness (QED) is 0.376. The molecule has 0 unspecified atom stereocenters. The second-order valence-corrected chi connectivity index (χ2v) is 9.62. The number of pyridine rings is 1. The van der Waals surface area contributed by atoms with Gasteiger partial charge in [-0.1, -0.05) is 41.4 Å². The zero-order chi connectivity index (χ0) is 25.5. The highest BCUT2D eigenvalue weighted by molar-refractivity contribution is 5.85. The predicted octanol–water partition coefficient (Wildman–Crippen LogP) is 2.56. The van der Waals surface area contributed by atoms with E-state index in [4.69, 9.17) is 10.5 Å². The van der Waals surface area contributed by atoms with Crippen LogP contribution in [-0.2, 0) is 18.0 Å². The van der Waals surface area contributed by atoms with Crippen molar-refractivity contribution in [3.63, 3.8) is 0 Å². The summed E-state index contributed by atoms with van der Waals surface area (Å²) in [6, 6.07) is 16.1. The Morgan fingerprint density at radius 1 is 1.03 bits per heavy atom. The average molecular weight is 497 g/mol. The molecule has 5 aromatic rings. The predicted molar refractivity (Wildman–Crippen MR) is 143 cm³/mol. The number of hydrogen-bond donors (Lipinski definition) is 1. The fraction of sp³-hybridized carbons (Fsp3) is 0.286. The summed E-state index contributed by atoms with van der Waals surface area (Å²) in [4.78, 5) is 25.2. The molecule has 0 atom stereocenters. The lowest BCUT2D eigenvalue weighted by atomic mass is 10.1. The molecular formula is C28H30N7O2+. The molecule has 0 amide bonds. The number of imidazole rings is 1. The lowest BCUT2D eigenvalue weighted by molar-refractivity contribution is -0.665. The first-order chi connectivity index (χ1) is 18.0. The number of nitrogens with zero attached hydrogens (tertiary/aromatic N) is 6. The molecule has 6 rings (SSSR count). The Kier molecular flexibility index (Phi) is 5.94. The SMILES string of the molecule is Cc1ccccc1-n1c(C[n+]2cn(CN3CCOCC3)c3c(N)ncnc32)cc2cccc(C)c2c1=O. The van der Waals surface area contributed by atoms with E-state index in [0.717, 1.165) is 57.5 Å². The van der Waals surface area contributed by atoms with E-state index in [9.17, 15) is 4.79 Å². The Morgan fingerprint density at radius 2 is 1.81 bits per heavy atom. The van der Waals surface area contributed by atoms with Crippen molar-refractivity contribution >= 4 is 27.8 Å². The first-order valence-corrected chi connectivity index (χ1v) is 12.5. The Labute approximate surface area is 214 Å². The zero-order valence-electron chi connectivity index (χ0n) is 21.1. The second kappa shape index (κ2) is 9.42. The molecule has 4 heterocycles. The minimum atomic E-state index is -0.0216. The summed E-state index contributed by atoms with van der Waals surface area (Å²) in [7, 11) is 0. The summed E-state index contributed by atoms with van der Waals surface area (Å²) < 4.78 is 11.5. The maximum absolute atomic E-state index is 14.0. The van der Waals surface area contributed by atoms with Gasteiger partial charge in [0, 0.05) is 13.1 Å². The molecule has 1 fully saturated rings. The highest BCUT2D eigenvalue weighted by Crippen LogP contribution is 2.22. The summed E-state index contributed by atoms with van der Waals surface area (Å²) >= 11 is 0. The van der Waals surface area contributed by atoms with Crippen LogP contribution in [0.5, 0.6) is 0 Å². The van der Waals surface area contributed by atoms with Crippen molar-refractivity contribution in [3.05, 3.63) is 88.4 Å². The smallest absolute Gasteiger partial charge is 0.307 e. The van der Waals surface area contributed by atoms with Crippen LogP contribution in [0.15, 0.2) is 66.0 Å². The van der Waals surface area contributed by atoms with Gasteiger partial charge in [-0.2, -0.15) is 4.98 Å². The van der Waals surface area contributed by atoms with E-state index in [-0.39, 0.29) is 5.56 Å². The van der Waals surface area contributed by atoms with Crippen LogP contribution >= 0.6 is 0 Å². The molecule has 3 aromatic heterocycles. The molecule has 9 heteroatoms. The van der Waals surface area contributed by atoms with Crippen LogP contribution in [0, 0.1) is 13.8 Å². The molecule has 1 saturated heterocycles. The van der Waals surface area contributed by atoms with E-state index in [0.29, 0.717) is 32.2 Å². The number of nitrogens with two attached hydrogens (primary N) is 1. The molecule has 2 aromatic carbocycles. The molecule has 1 aliphatic rings. The van der Waals surface area contributed by atoms with Crippen molar-refractivity contribution < 1.29 is 9.30 Å². The Hall–Kier alpha value is -4.08. The fourth-order valence-corrected chi connectivity index (χ4v) is 5.29. The fourth-order valence-electron chi connectivity index (χ4n) is 5.29. The van der Waals surface area contributed by atoms with Gasteiger partial charge in [0.2, 0.25) is 5.52 Å². The standard InChI is InChI=1S/C28H30N7O2/c1-19-6-3-4-9-23(19)35-22(14-21-8-5-7-20(2)24(21)28(35)36)15-33-18-34(17-32-10-12-37-13-11-32)25-26(29)30-16-31-27(25)33/h3-9,14,16,18H,10-13,15,17H2,1-2H3,(H2,29,30,31)/q+1. The average Bonchev–Trinajstić information content (AvgIpc) is 3.23. The first kappa shape index (κ1) is 23.3. The van der Waals surface area contributed by atoms with Crippen LogP contribution in [0.2, 0.25) is 0 Å². The third-order valence-corrected chi connectivity index (χ3v) is 7.15. The molecule has 2 N–H and O–H groups in total. The number of aromatic nitrogens is 5. The van der Waals surface area contributed by atoms with Gasteiger partial charge in [0.05, 0.1) is 30.0 Å². The molecule has 188 valence electrons. The summed E-state index contributed by atoms with van der Waals surface area (Å²) in [5.41, 5.74) is 11.6. The maximum atomic E-state index is 14.0. The second-order valence-electron chi connectivity index (χ2n) is 9.62. The molecule has 0 spiro atoms. The number of rotatable bonds is 5. The van der Waals surface area contributed by atoms with E-state index >= 15 is 0 Å². The summed E-state index contributed by atoms with van der Waals surface area (Å²) in [6.45, 7) is 8.24. The summed E-state index contributed by atoms with van der Waals surface area (Å²) in [5.74, 6) is 0.433.